The molecule has 1 aromatic rings. The second-order valence-electron chi connectivity index (χ2n) is 4.88. The molecule has 0 radical (unpaired) electrons. The summed E-state index contributed by atoms with van der Waals surface area (Å²) >= 11 is 3.30. The molecule has 0 saturated heterocycles. The van der Waals surface area contributed by atoms with E-state index in [1.807, 2.05) is 20.8 Å². The molecule has 1 aromatic heterocycles. The molecular formula is C14H21BrN4O2. The minimum atomic E-state index is -0.332. The lowest BCUT2D eigenvalue weighted by molar-refractivity contribution is -0.120. The van der Waals surface area contributed by atoms with Gasteiger partial charge in [-0.15, -0.1) is 0 Å². The van der Waals surface area contributed by atoms with Crippen LogP contribution in [0.3, 0.4) is 0 Å². The van der Waals surface area contributed by atoms with E-state index in [2.05, 4.69) is 36.9 Å². The lowest BCUT2D eigenvalue weighted by Crippen LogP contribution is -2.40. The van der Waals surface area contributed by atoms with Gasteiger partial charge in [0.2, 0.25) is 5.91 Å². The normalized spacial score (nSPS) is 10.3. The van der Waals surface area contributed by atoms with Gasteiger partial charge in [0.05, 0.1) is 12.1 Å². The SMILES string of the molecule is CCCNc1ncc(Br)cc1C(=O)NCC(=O)NC(C)C. The molecule has 0 saturated carbocycles. The molecule has 116 valence electrons. The van der Waals surface area contributed by atoms with Crippen LogP contribution in [0.25, 0.3) is 0 Å². The summed E-state index contributed by atoms with van der Waals surface area (Å²) in [6.45, 7) is 6.43. The van der Waals surface area contributed by atoms with Crippen LogP contribution in [0.15, 0.2) is 16.7 Å². The smallest absolute Gasteiger partial charge is 0.255 e. The van der Waals surface area contributed by atoms with Crippen molar-refractivity contribution in [1.29, 1.82) is 0 Å². The molecule has 0 aromatic carbocycles. The molecule has 3 N–H and O–H groups in total. The zero-order valence-corrected chi connectivity index (χ0v) is 14.1. The van der Waals surface area contributed by atoms with E-state index in [1.165, 1.54) is 0 Å². The van der Waals surface area contributed by atoms with E-state index in [1.54, 1.807) is 12.3 Å². The first-order valence-electron chi connectivity index (χ1n) is 6.91. The molecule has 0 fully saturated rings. The Morgan fingerprint density at radius 1 is 1.38 bits per heavy atom. The summed E-state index contributed by atoms with van der Waals surface area (Å²) in [5, 5.41) is 8.41. The average Bonchev–Trinajstić information content (AvgIpc) is 2.42. The van der Waals surface area contributed by atoms with Gasteiger partial charge in [0.15, 0.2) is 0 Å². The molecule has 0 aliphatic rings. The summed E-state index contributed by atoms with van der Waals surface area (Å²) in [4.78, 5) is 27.9. The van der Waals surface area contributed by atoms with Gasteiger partial charge >= 0.3 is 0 Å². The number of carbonyl (C=O) groups excluding carboxylic acids is 2. The minimum absolute atomic E-state index is 0.0451. The average molecular weight is 357 g/mol. The largest absolute Gasteiger partial charge is 0.369 e. The fourth-order valence-electron chi connectivity index (χ4n) is 1.63. The van der Waals surface area contributed by atoms with Gasteiger partial charge in [0.1, 0.15) is 5.82 Å². The third-order valence-corrected chi connectivity index (χ3v) is 2.93. The van der Waals surface area contributed by atoms with Gasteiger partial charge in [-0.1, -0.05) is 6.92 Å². The summed E-state index contributed by atoms with van der Waals surface area (Å²) < 4.78 is 0.710. The lowest BCUT2D eigenvalue weighted by atomic mass is 10.2. The molecule has 1 rings (SSSR count). The topological polar surface area (TPSA) is 83.1 Å². The highest BCUT2D eigenvalue weighted by Gasteiger charge is 2.14. The Hall–Kier alpha value is -1.63. The Balaban J connectivity index is 2.72. The summed E-state index contributed by atoms with van der Waals surface area (Å²) in [5.41, 5.74) is 0.412. The zero-order chi connectivity index (χ0) is 15.8. The zero-order valence-electron chi connectivity index (χ0n) is 12.5. The molecule has 0 spiro atoms. The standard InChI is InChI=1S/C14H21BrN4O2/c1-4-5-16-13-11(6-10(15)7-17-13)14(21)18-8-12(20)19-9(2)3/h6-7,9H,4-5,8H2,1-3H3,(H,16,17)(H,18,21)(H,19,20). The molecule has 0 atom stereocenters. The van der Waals surface area contributed by atoms with Gasteiger partial charge in [-0.3, -0.25) is 9.59 Å². The first-order chi connectivity index (χ1) is 9.93. The van der Waals surface area contributed by atoms with Crippen LogP contribution in [-0.2, 0) is 4.79 Å². The Kier molecular flexibility index (Phi) is 7.14. The highest BCUT2D eigenvalue weighted by Crippen LogP contribution is 2.18. The van der Waals surface area contributed by atoms with Crippen molar-refractivity contribution in [3.63, 3.8) is 0 Å². The van der Waals surface area contributed by atoms with Crippen molar-refractivity contribution in [2.24, 2.45) is 0 Å². The third-order valence-electron chi connectivity index (χ3n) is 2.50. The summed E-state index contributed by atoms with van der Waals surface area (Å²) in [6.07, 6.45) is 2.55. The Labute approximate surface area is 133 Å². The van der Waals surface area contributed by atoms with E-state index in [0.29, 0.717) is 15.9 Å². The highest BCUT2D eigenvalue weighted by molar-refractivity contribution is 9.10. The molecule has 0 unspecified atom stereocenters. The van der Waals surface area contributed by atoms with E-state index in [0.717, 1.165) is 13.0 Å². The van der Waals surface area contributed by atoms with Crippen molar-refractivity contribution in [1.82, 2.24) is 15.6 Å². The first kappa shape index (κ1) is 17.4. The van der Waals surface area contributed by atoms with Gasteiger partial charge in [-0.25, -0.2) is 4.98 Å². The van der Waals surface area contributed by atoms with Crippen molar-refractivity contribution >= 4 is 33.6 Å². The van der Waals surface area contributed by atoms with Crippen LogP contribution in [-0.4, -0.2) is 35.9 Å². The maximum atomic E-state index is 12.2. The number of aromatic nitrogens is 1. The van der Waals surface area contributed by atoms with Crippen molar-refractivity contribution in [3.8, 4) is 0 Å². The number of nitrogens with zero attached hydrogens (tertiary/aromatic N) is 1. The van der Waals surface area contributed by atoms with Gasteiger partial charge in [0.25, 0.3) is 5.91 Å². The maximum Gasteiger partial charge on any atom is 0.255 e. The third kappa shape index (κ3) is 6.12. The molecule has 21 heavy (non-hydrogen) atoms. The molecule has 2 amide bonds. The Morgan fingerprint density at radius 2 is 2.10 bits per heavy atom. The van der Waals surface area contributed by atoms with Crippen molar-refractivity contribution in [2.45, 2.75) is 33.2 Å². The lowest BCUT2D eigenvalue weighted by Gasteiger charge is -2.12. The fraction of sp³-hybridized carbons (Fsp3) is 0.500. The highest BCUT2D eigenvalue weighted by atomic mass is 79.9. The summed E-state index contributed by atoms with van der Waals surface area (Å²) in [7, 11) is 0. The maximum absolute atomic E-state index is 12.2. The number of carbonyl (C=O) groups is 2. The molecule has 0 aliphatic heterocycles. The predicted octanol–water partition coefficient (Wildman–Crippen LogP) is 1.92. The number of hydrogen-bond acceptors (Lipinski definition) is 4. The van der Waals surface area contributed by atoms with Crippen LogP contribution in [0.1, 0.15) is 37.6 Å². The number of anilines is 1. The Bertz CT molecular complexity index is 506. The van der Waals surface area contributed by atoms with E-state index in [4.69, 9.17) is 0 Å². The summed E-state index contributed by atoms with van der Waals surface area (Å²) in [5.74, 6) is -0.0347. The quantitative estimate of drug-likeness (QED) is 0.696. The van der Waals surface area contributed by atoms with E-state index in [-0.39, 0.29) is 24.4 Å². The monoisotopic (exact) mass is 356 g/mol. The van der Waals surface area contributed by atoms with E-state index in [9.17, 15) is 9.59 Å². The number of rotatable bonds is 7. The van der Waals surface area contributed by atoms with Crippen LogP contribution >= 0.6 is 15.9 Å². The van der Waals surface area contributed by atoms with Crippen LogP contribution in [0.5, 0.6) is 0 Å². The number of amides is 2. The number of pyridine rings is 1. The number of hydrogen-bond donors (Lipinski definition) is 3. The number of halogens is 1. The fourth-order valence-corrected chi connectivity index (χ4v) is 1.96. The van der Waals surface area contributed by atoms with Crippen LogP contribution in [0.2, 0.25) is 0 Å². The molecule has 0 bridgehead atoms. The second kappa shape index (κ2) is 8.61. The van der Waals surface area contributed by atoms with E-state index >= 15 is 0 Å². The predicted molar refractivity (Wildman–Crippen MR) is 86.3 cm³/mol. The van der Waals surface area contributed by atoms with Crippen molar-refractivity contribution in [3.05, 3.63) is 22.3 Å². The van der Waals surface area contributed by atoms with Gasteiger partial charge in [0, 0.05) is 23.3 Å². The van der Waals surface area contributed by atoms with Crippen LogP contribution in [0, 0.1) is 0 Å². The molecule has 7 heteroatoms. The van der Waals surface area contributed by atoms with Crippen molar-refractivity contribution < 1.29 is 9.59 Å². The first-order valence-corrected chi connectivity index (χ1v) is 7.70. The molecule has 1 heterocycles. The van der Waals surface area contributed by atoms with E-state index < -0.39 is 0 Å². The Morgan fingerprint density at radius 3 is 2.71 bits per heavy atom. The second-order valence-corrected chi connectivity index (χ2v) is 5.80. The summed E-state index contributed by atoms with van der Waals surface area (Å²) in [6, 6.07) is 1.73. The van der Waals surface area contributed by atoms with Crippen molar-refractivity contribution in [2.75, 3.05) is 18.4 Å². The van der Waals surface area contributed by atoms with Gasteiger partial charge in [-0.2, -0.15) is 0 Å². The minimum Gasteiger partial charge on any atom is -0.369 e. The van der Waals surface area contributed by atoms with Gasteiger partial charge in [-0.05, 0) is 42.3 Å². The van der Waals surface area contributed by atoms with Gasteiger partial charge < -0.3 is 16.0 Å². The van der Waals surface area contributed by atoms with Crippen LogP contribution < -0.4 is 16.0 Å². The molecule has 6 nitrogen and oxygen atoms in total. The number of nitrogens with one attached hydrogen (secondary N) is 3. The van der Waals surface area contributed by atoms with Crippen LogP contribution in [0.4, 0.5) is 5.82 Å². The molecule has 0 aliphatic carbocycles. The molecular weight excluding hydrogens is 336 g/mol.